The monoisotopic (exact) mass is 229 g/mol. The molecule has 1 aliphatic rings. The van der Waals surface area contributed by atoms with Crippen molar-refractivity contribution < 1.29 is 14.6 Å². The number of aliphatic carboxylic acids is 1. The minimum atomic E-state index is -0.642. The zero-order valence-corrected chi connectivity index (χ0v) is 10.3. The van der Waals surface area contributed by atoms with Crippen LogP contribution in [0.2, 0.25) is 0 Å². The van der Waals surface area contributed by atoms with Crippen molar-refractivity contribution in [2.75, 3.05) is 27.3 Å². The van der Waals surface area contributed by atoms with Crippen LogP contribution in [0.15, 0.2) is 0 Å². The van der Waals surface area contributed by atoms with E-state index < -0.39 is 5.97 Å². The van der Waals surface area contributed by atoms with Gasteiger partial charge in [-0.1, -0.05) is 19.3 Å². The highest BCUT2D eigenvalue weighted by Crippen LogP contribution is 2.26. The van der Waals surface area contributed by atoms with Crippen molar-refractivity contribution in [2.24, 2.45) is 5.92 Å². The van der Waals surface area contributed by atoms with Crippen LogP contribution in [0.25, 0.3) is 0 Å². The Hall–Kier alpha value is -0.610. The molecular formula is C12H23NO3. The van der Waals surface area contributed by atoms with Gasteiger partial charge in [-0.2, -0.15) is 0 Å². The molecule has 0 radical (unpaired) electrons. The van der Waals surface area contributed by atoms with Gasteiger partial charge in [0.05, 0.1) is 12.5 Å². The number of rotatable bonds is 5. The molecule has 1 aliphatic carbocycles. The molecule has 0 aromatic carbocycles. The van der Waals surface area contributed by atoms with Crippen LogP contribution < -0.4 is 0 Å². The van der Waals surface area contributed by atoms with Gasteiger partial charge in [-0.25, -0.2) is 0 Å². The van der Waals surface area contributed by atoms with E-state index in [0.29, 0.717) is 6.61 Å². The predicted molar refractivity (Wildman–Crippen MR) is 62.5 cm³/mol. The summed E-state index contributed by atoms with van der Waals surface area (Å²) in [4.78, 5) is 13.4. The molecule has 0 heterocycles. The lowest BCUT2D eigenvalue weighted by Crippen LogP contribution is -2.42. The largest absolute Gasteiger partial charge is 0.481 e. The Morgan fingerprint density at radius 3 is 2.69 bits per heavy atom. The zero-order chi connectivity index (χ0) is 12.0. The van der Waals surface area contributed by atoms with Crippen LogP contribution in [-0.4, -0.2) is 49.3 Å². The van der Waals surface area contributed by atoms with Gasteiger partial charge in [0.15, 0.2) is 0 Å². The molecule has 1 N–H and O–H groups in total. The minimum Gasteiger partial charge on any atom is -0.481 e. The van der Waals surface area contributed by atoms with Gasteiger partial charge >= 0.3 is 5.97 Å². The summed E-state index contributed by atoms with van der Waals surface area (Å²) in [6, 6.07) is 0.176. The SMILES string of the molecule is COCCN(C)C1CCCCCC1C(=O)O. The molecule has 0 aromatic rings. The highest BCUT2D eigenvalue weighted by Gasteiger charge is 2.31. The highest BCUT2D eigenvalue weighted by atomic mass is 16.5. The topological polar surface area (TPSA) is 49.8 Å². The van der Waals surface area contributed by atoms with Crippen molar-refractivity contribution in [1.82, 2.24) is 4.90 Å². The van der Waals surface area contributed by atoms with E-state index >= 15 is 0 Å². The van der Waals surface area contributed by atoms with E-state index in [1.54, 1.807) is 7.11 Å². The van der Waals surface area contributed by atoms with E-state index in [4.69, 9.17) is 4.74 Å². The van der Waals surface area contributed by atoms with Gasteiger partial charge in [0.1, 0.15) is 0 Å². The molecule has 0 aliphatic heterocycles. The van der Waals surface area contributed by atoms with E-state index in [9.17, 15) is 9.90 Å². The van der Waals surface area contributed by atoms with Crippen molar-refractivity contribution in [3.05, 3.63) is 0 Å². The van der Waals surface area contributed by atoms with Crippen LogP contribution in [0.3, 0.4) is 0 Å². The second-order valence-electron chi connectivity index (χ2n) is 4.62. The lowest BCUT2D eigenvalue weighted by Gasteiger charge is -2.31. The number of hydrogen-bond donors (Lipinski definition) is 1. The number of carboxylic acid groups (broad SMARTS) is 1. The molecule has 1 fully saturated rings. The molecule has 94 valence electrons. The van der Waals surface area contributed by atoms with Gasteiger partial charge in [0.25, 0.3) is 0 Å². The maximum Gasteiger partial charge on any atom is 0.308 e. The van der Waals surface area contributed by atoms with Crippen molar-refractivity contribution in [2.45, 2.75) is 38.1 Å². The average Bonchev–Trinajstić information content (AvgIpc) is 2.50. The fourth-order valence-electron chi connectivity index (χ4n) is 2.50. The quantitative estimate of drug-likeness (QED) is 0.727. The smallest absolute Gasteiger partial charge is 0.308 e. The summed E-state index contributed by atoms with van der Waals surface area (Å²) in [7, 11) is 3.68. The zero-order valence-electron chi connectivity index (χ0n) is 10.3. The van der Waals surface area contributed by atoms with Crippen molar-refractivity contribution >= 4 is 5.97 Å². The van der Waals surface area contributed by atoms with Gasteiger partial charge in [-0.05, 0) is 19.9 Å². The third-order valence-electron chi connectivity index (χ3n) is 3.51. The van der Waals surface area contributed by atoms with Crippen molar-refractivity contribution in [3.8, 4) is 0 Å². The van der Waals surface area contributed by atoms with Crippen LogP contribution in [-0.2, 0) is 9.53 Å². The van der Waals surface area contributed by atoms with Crippen LogP contribution >= 0.6 is 0 Å². The third-order valence-corrected chi connectivity index (χ3v) is 3.51. The number of nitrogens with zero attached hydrogens (tertiary/aromatic N) is 1. The maximum absolute atomic E-state index is 11.2. The van der Waals surface area contributed by atoms with E-state index in [-0.39, 0.29) is 12.0 Å². The number of carboxylic acids is 1. The first kappa shape index (κ1) is 13.5. The second kappa shape index (κ2) is 6.86. The Morgan fingerprint density at radius 2 is 2.06 bits per heavy atom. The molecule has 2 atom stereocenters. The lowest BCUT2D eigenvalue weighted by atomic mass is 9.94. The number of hydrogen-bond acceptors (Lipinski definition) is 3. The first-order valence-corrected chi connectivity index (χ1v) is 6.08. The summed E-state index contributed by atoms with van der Waals surface area (Å²) in [6.07, 6.45) is 5.17. The Kier molecular flexibility index (Phi) is 5.77. The average molecular weight is 229 g/mol. The number of ether oxygens (including phenoxy) is 1. The standard InChI is InChI=1S/C12H23NO3/c1-13(8-9-16-2)11-7-5-3-4-6-10(11)12(14)15/h10-11H,3-9H2,1-2H3,(H,14,15). The number of carbonyl (C=O) groups is 1. The molecule has 0 saturated heterocycles. The molecule has 16 heavy (non-hydrogen) atoms. The number of methoxy groups -OCH3 is 1. The summed E-state index contributed by atoms with van der Waals surface area (Å²) in [6.45, 7) is 1.48. The first-order valence-electron chi connectivity index (χ1n) is 6.08. The Labute approximate surface area is 97.6 Å². The van der Waals surface area contributed by atoms with Gasteiger partial charge in [0.2, 0.25) is 0 Å². The van der Waals surface area contributed by atoms with Gasteiger partial charge in [-0.3, -0.25) is 4.79 Å². The molecule has 4 heteroatoms. The van der Waals surface area contributed by atoms with Crippen LogP contribution in [0.4, 0.5) is 0 Å². The Balaban J connectivity index is 2.59. The lowest BCUT2D eigenvalue weighted by molar-refractivity contribution is -0.144. The molecule has 0 aromatic heterocycles. The van der Waals surface area contributed by atoms with Crippen LogP contribution in [0, 0.1) is 5.92 Å². The Morgan fingerprint density at radius 1 is 1.38 bits per heavy atom. The van der Waals surface area contributed by atoms with Gasteiger partial charge < -0.3 is 14.7 Å². The summed E-state index contributed by atoms with van der Waals surface area (Å²) in [5.74, 6) is -0.847. The molecule has 0 spiro atoms. The third kappa shape index (κ3) is 3.76. The second-order valence-corrected chi connectivity index (χ2v) is 4.62. The number of likely N-dealkylation sites (N-methyl/N-ethyl adjacent to an activating group) is 1. The van der Waals surface area contributed by atoms with E-state index in [2.05, 4.69) is 4.90 Å². The molecular weight excluding hydrogens is 206 g/mol. The van der Waals surface area contributed by atoms with Gasteiger partial charge in [-0.15, -0.1) is 0 Å². The van der Waals surface area contributed by atoms with E-state index in [1.807, 2.05) is 7.05 Å². The molecule has 4 nitrogen and oxygen atoms in total. The summed E-state index contributed by atoms with van der Waals surface area (Å²) in [5, 5.41) is 9.25. The molecule has 0 bridgehead atoms. The fourth-order valence-corrected chi connectivity index (χ4v) is 2.50. The first-order chi connectivity index (χ1) is 7.66. The molecule has 0 amide bonds. The minimum absolute atomic E-state index is 0.176. The maximum atomic E-state index is 11.2. The molecule has 2 unspecified atom stereocenters. The highest BCUT2D eigenvalue weighted by molar-refractivity contribution is 5.70. The summed E-state index contributed by atoms with van der Waals surface area (Å²) in [5.41, 5.74) is 0. The molecule has 1 saturated carbocycles. The van der Waals surface area contributed by atoms with Crippen molar-refractivity contribution in [3.63, 3.8) is 0 Å². The van der Waals surface area contributed by atoms with E-state index in [1.165, 1.54) is 6.42 Å². The Bertz CT molecular complexity index is 220. The fraction of sp³-hybridized carbons (Fsp3) is 0.917. The van der Waals surface area contributed by atoms with Crippen LogP contribution in [0.5, 0.6) is 0 Å². The van der Waals surface area contributed by atoms with E-state index in [0.717, 1.165) is 32.2 Å². The van der Waals surface area contributed by atoms with Gasteiger partial charge in [0, 0.05) is 19.7 Å². The predicted octanol–water partition coefficient (Wildman–Crippen LogP) is 1.60. The summed E-state index contributed by atoms with van der Waals surface area (Å²) < 4.78 is 5.04. The molecule has 1 rings (SSSR count). The van der Waals surface area contributed by atoms with Crippen molar-refractivity contribution in [1.29, 1.82) is 0 Å². The summed E-state index contributed by atoms with van der Waals surface area (Å²) >= 11 is 0. The van der Waals surface area contributed by atoms with Crippen LogP contribution in [0.1, 0.15) is 32.1 Å². The normalized spacial score (nSPS) is 26.7.